The summed E-state index contributed by atoms with van der Waals surface area (Å²) in [6, 6.07) is 12.7. The summed E-state index contributed by atoms with van der Waals surface area (Å²) in [5, 5.41) is 14.0. The Morgan fingerprint density at radius 3 is 2.35 bits per heavy atom. The number of ether oxygens (including phenoxy) is 2. The van der Waals surface area contributed by atoms with Crippen LogP contribution in [0.25, 0.3) is 0 Å². The lowest BCUT2D eigenvalue weighted by Gasteiger charge is -2.42. The van der Waals surface area contributed by atoms with Crippen LogP contribution in [0.1, 0.15) is 22.1 Å². The van der Waals surface area contributed by atoms with Gasteiger partial charge in [0, 0.05) is 48.4 Å². The molecular formula is C22H22ClN3O5. The van der Waals surface area contributed by atoms with E-state index in [1.54, 1.807) is 34.1 Å². The second kappa shape index (κ2) is 7.71. The lowest BCUT2D eigenvalue weighted by Crippen LogP contribution is -2.64. The number of amides is 2. The van der Waals surface area contributed by atoms with Crippen molar-refractivity contribution in [3.05, 3.63) is 58.6 Å². The summed E-state index contributed by atoms with van der Waals surface area (Å²) in [6.45, 7) is 1.71. The number of nitrogens with zero attached hydrogens (tertiary/aromatic N) is 2. The number of hydrogen-bond donors (Lipinski definition) is 2. The van der Waals surface area contributed by atoms with Gasteiger partial charge in [0.2, 0.25) is 0 Å². The average molecular weight is 444 g/mol. The van der Waals surface area contributed by atoms with E-state index in [0.717, 1.165) is 11.3 Å². The minimum Gasteiger partial charge on any atom is -0.464 e. The van der Waals surface area contributed by atoms with Crippen LogP contribution in [-0.4, -0.2) is 71.7 Å². The maximum atomic E-state index is 12.9. The van der Waals surface area contributed by atoms with Gasteiger partial charge in [-0.2, -0.15) is 0 Å². The number of benzene rings is 2. The Labute approximate surface area is 184 Å². The fraction of sp³-hybridized carbons (Fsp3) is 0.364. The number of rotatable bonds is 3. The third kappa shape index (κ3) is 3.71. The lowest BCUT2D eigenvalue weighted by atomic mass is 10.00. The third-order valence-electron chi connectivity index (χ3n) is 5.87. The molecule has 3 aliphatic heterocycles. The molecule has 0 aromatic heterocycles. The van der Waals surface area contributed by atoms with Gasteiger partial charge in [-0.1, -0.05) is 23.7 Å². The molecule has 0 radical (unpaired) electrons. The van der Waals surface area contributed by atoms with Crippen LogP contribution in [0.15, 0.2) is 42.5 Å². The smallest absolute Gasteiger partial charge is 0.259 e. The molecule has 2 fully saturated rings. The van der Waals surface area contributed by atoms with E-state index >= 15 is 0 Å². The molecule has 3 heterocycles. The number of carbonyl (C=O) groups is 2. The van der Waals surface area contributed by atoms with Crippen molar-refractivity contribution in [1.29, 1.82) is 0 Å². The van der Waals surface area contributed by atoms with Gasteiger partial charge in [-0.25, -0.2) is 0 Å². The van der Waals surface area contributed by atoms with Crippen molar-refractivity contribution in [1.82, 2.24) is 9.80 Å². The second-order valence-corrected chi connectivity index (χ2v) is 8.45. The van der Waals surface area contributed by atoms with Gasteiger partial charge in [0.25, 0.3) is 11.8 Å². The topological polar surface area (TPSA) is 91.3 Å². The van der Waals surface area contributed by atoms with E-state index in [0.29, 0.717) is 42.5 Å². The van der Waals surface area contributed by atoms with Gasteiger partial charge in [-0.3, -0.25) is 9.59 Å². The monoisotopic (exact) mass is 443 g/mol. The van der Waals surface area contributed by atoms with Crippen molar-refractivity contribution in [3.63, 3.8) is 0 Å². The largest absolute Gasteiger partial charge is 0.464 e. The molecule has 5 rings (SSSR count). The highest BCUT2D eigenvalue weighted by atomic mass is 35.5. The highest BCUT2D eigenvalue weighted by Gasteiger charge is 2.46. The predicted octanol–water partition coefficient (Wildman–Crippen LogP) is 1.89. The minimum absolute atomic E-state index is 0.0367. The van der Waals surface area contributed by atoms with E-state index in [1.165, 1.54) is 0 Å². The SMILES string of the molecule is O=C(c1ccc(C2Nc3ccc(Cl)cc3O2)cc1)N1CCN(C(=O)C2(O)COC2)CC1. The van der Waals surface area contributed by atoms with E-state index in [1.807, 2.05) is 18.2 Å². The number of hydrogen-bond acceptors (Lipinski definition) is 6. The number of aliphatic hydroxyl groups is 1. The van der Waals surface area contributed by atoms with Gasteiger partial charge in [-0.15, -0.1) is 0 Å². The molecule has 2 aromatic rings. The summed E-state index contributed by atoms with van der Waals surface area (Å²) in [6.07, 6.45) is -0.339. The van der Waals surface area contributed by atoms with Gasteiger partial charge in [0.05, 0.1) is 18.9 Å². The van der Waals surface area contributed by atoms with Crippen molar-refractivity contribution in [3.8, 4) is 5.75 Å². The van der Waals surface area contributed by atoms with E-state index < -0.39 is 5.60 Å². The highest BCUT2D eigenvalue weighted by Crippen LogP contribution is 2.39. The molecule has 31 heavy (non-hydrogen) atoms. The van der Waals surface area contributed by atoms with Crippen LogP contribution in [0.2, 0.25) is 5.02 Å². The minimum atomic E-state index is -1.40. The summed E-state index contributed by atoms with van der Waals surface area (Å²) in [4.78, 5) is 28.6. The van der Waals surface area contributed by atoms with Crippen molar-refractivity contribution in [2.75, 3.05) is 44.7 Å². The summed E-state index contributed by atoms with van der Waals surface area (Å²) >= 11 is 6.02. The zero-order valence-electron chi connectivity index (χ0n) is 16.7. The van der Waals surface area contributed by atoms with Crippen LogP contribution in [-0.2, 0) is 9.53 Å². The van der Waals surface area contributed by atoms with E-state index in [2.05, 4.69) is 5.32 Å². The molecule has 1 unspecified atom stereocenters. The number of halogens is 1. The van der Waals surface area contributed by atoms with Crippen LogP contribution < -0.4 is 10.1 Å². The Morgan fingerprint density at radius 2 is 1.71 bits per heavy atom. The zero-order chi connectivity index (χ0) is 21.6. The highest BCUT2D eigenvalue weighted by molar-refractivity contribution is 6.30. The summed E-state index contributed by atoms with van der Waals surface area (Å²) < 4.78 is 10.9. The molecule has 2 N–H and O–H groups in total. The molecular weight excluding hydrogens is 422 g/mol. The van der Waals surface area contributed by atoms with E-state index in [9.17, 15) is 14.7 Å². The Morgan fingerprint density at radius 1 is 1.03 bits per heavy atom. The Balaban J connectivity index is 1.19. The first-order chi connectivity index (χ1) is 14.9. The molecule has 0 bridgehead atoms. The summed E-state index contributed by atoms with van der Waals surface area (Å²) in [5.74, 6) is 0.296. The molecule has 9 heteroatoms. The number of fused-ring (bicyclic) bond motifs is 1. The molecule has 162 valence electrons. The average Bonchev–Trinajstić information content (AvgIpc) is 3.20. The fourth-order valence-corrected chi connectivity index (χ4v) is 4.13. The quantitative estimate of drug-likeness (QED) is 0.752. The van der Waals surface area contributed by atoms with Crippen molar-refractivity contribution in [2.24, 2.45) is 0 Å². The van der Waals surface area contributed by atoms with Gasteiger partial charge in [-0.05, 0) is 24.3 Å². The van der Waals surface area contributed by atoms with Crippen LogP contribution >= 0.6 is 11.6 Å². The van der Waals surface area contributed by atoms with Crippen LogP contribution in [0.3, 0.4) is 0 Å². The van der Waals surface area contributed by atoms with Crippen molar-refractivity contribution < 1.29 is 24.2 Å². The molecule has 2 amide bonds. The Bertz CT molecular complexity index is 1020. The lowest BCUT2D eigenvalue weighted by molar-refractivity contribution is -0.201. The third-order valence-corrected chi connectivity index (χ3v) is 6.10. The molecule has 2 aromatic carbocycles. The van der Waals surface area contributed by atoms with Gasteiger partial charge >= 0.3 is 0 Å². The number of carbonyl (C=O) groups excluding carboxylic acids is 2. The predicted molar refractivity (Wildman–Crippen MR) is 113 cm³/mol. The first-order valence-corrected chi connectivity index (χ1v) is 10.5. The molecule has 8 nitrogen and oxygen atoms in total. The second-order valence-electron chi connectivity index (χ2n) is 8.01. The van der Waals surface area contributed by atoms with Crippen LogP contribution in [0.5, 0.6) is 5.75 Å². The van der Waals surface area contributed by atoms with Gasteiger partial charge in [0.15, 0.2) is 11.8 Å². The van der Waals surface area contributed by atoms with Crippen LogP contribution in [0.4, 0.5) is 5.69 Å². The van der Waals surface area contributed by atoms with Crippen molar-refractivity contribution in [2.45, 2.75) is 11.8 Å². The van der Waals surface area contributed by atoms with Crippen molar-refractivity contribution >= 4 is 29.1 Å². The maximum absolute atomic E-state index is 12.9. The summed E-state index contributed by atoms with van der Waals surface area (Å²) in [5.41, 5.74) is 0.951. The number of piperazine rings is 1. The standard InChI is InChI=1S/C22H22ClN3O5/c23-16-5-6-17-18(11-16)31-19(24-17)14-1-3-15(4-2-14)20(27)25-7-9-26(10-8-25)21(28)22(29)12-30-13-22/h1-6,11,19,24,29H,7-10,12-13H2. The Hall–Kier alpha value is -2.81. The Kier molecular flexibility index (Phi) is 5.00. The first kappa shape index (κ1) is 20.1. The number of nitrogens with one attached hydrogen (secondary N) is 1. The van der Waals surface area contributed by atoms with E-state index in [-0.39, 0.29) is 31.3 Å². The normalized spacial score (nSPS) is 21.5. The number of anilines is 1. The molecule has 1 atom stereocenters. The maximum Gasteiger partial charge on any atom is 0.259 e. The molecule has 0 saturated carbocycles. The zero-order valence-corrected chi connectivity index (χ0v) is 17.5. The van der Waals surface area contributed by atoms with E-state index in [4.69, 9.17) is 21.1 Å². The van der Waals surface area contributed by atoms with Gasteiger partial charge in [0.1, 0.15) is 5.75 Å². The molecule has 0 spiro atoms. The van der Waals surface area contributed by atoms with Gasteiger partial charge < -0.3 is 29.7 Å². The first-order valence-electron chi connectivity index (χ1n) is 10.1. The molecule has 0 aliphatic carbocycles. The summed E-state index contributed by atoms with van der Waals surface area (Å²) in [7, 11) is 0. The molecule has 3 aliphatic rings. The molecule has 2 saturated heterocycles. The van der Waals surface area contributed by atoms with Crippen LogP contribution in [0, 0.1) is 0 Å². The fourth-order valence-electron chi connectivity index (χ4n) is 3.97.